The molecule has 0 saturated heterocycles. The molecule has 1 heterocycles. The van der Waals surface area contributed by atoms with Gasteiger partial charge in [0.2, 0.25) is 5.91 Å². The second-order valence-electron chi connectivity index (χ2n) is 7.55. The Kier molecular flexibility index (Phi) is 11.7. The number of halogens is 2. The topological polar surface area (TPSA) is 99.5 Å². The van der Waals surface area contributed by atoms with Gasteiger partial charge < -0.3 is 14.8 Å². The van der Waals surface area contributed by atoms with Crippen molar-refractivity contribution in [3.05, 3.63) is 67.1 Å². The second kappa shape index (κ2) is 14.2. The number of rotatable bonds is 9. The zero-order valence-corrected chi connectivity index (χ0v) is 23.4. The third kappa shape index (κ3) is 8.34. The van der Waals surface area contributed by atoms with E-state index in [1.165, 1.54) is 0 Å². The number of hydrogen-bond acceptors (Lipinski definition) is 6. The van der Waals surface area contributed by atoms with Crippen molar-refractivity contribution < 1.29 is 19.1 Å². The van der Waals surface area contributed by atoms with Gasteiger partial charge in [-0.15, -0.1) is 0 Å². The Morgan fingerprint density at radius 2 is 1.69 bits per heavy atom. The maximum atomic E-state index is 12.1. The van der Waals surface area contributed by atoms with Crippen LogP contribution in [0.1, 0.15) is 35.9 Å². The lowest BCUT2D eigenvalue weighted by Gasteiger charge is -2.10. The number of methoxy groups -OCH3 is 2. The van der Waals surface area contributed by atoms with Gasteiger partial charge in [0.1, 0.15) is 5.82 Å². The molecule has 8 nitrogen and oxygen atoms in total. The molecular formula is C25H29Br2N3O5. The maximum Gasteiger partial charge on any atom is 0.261 e. The first-order valence-corrected chi connectivity index (χ1v) is 12.6. The Hall–Kier alpha value is -2.40. The molecule has 0 radical (unpaired) electrons. The minimum absolute atomic E-state index is 0.00421. The molecule has 0 unspecified atom stereocenters. The number of carbonyl (C=O) groups excluding carboxylic acids is 2. The van der Waals surface area contributed by atoms with Crippen LogP contribution in [0.25, 0.3) is 10.9 Å². The number of ketones is 1. The van der Waals surface area contributed by atoms with Gasteiger partial charge in [0.25, 0.3) is 5.56 Å². The number of ether oxygens (including phenoxy) is 2. The first kappa shape index (κ1) is 28.8. The Balaban J connectivity index is 0.000000247. The van der Waals surface area contributed by atoms with E-state index >= 15 is 0 Å². The van der Waals surface area contributed by atoms with E-state index in [0.29, 0.717) is 48.2 Å². The van der Waals surface area contributed by atoms with Crippen molar-refractivity contribution in [1.82, 2.24) is 9.55 Å². The van der Waals surface area contributed by atoms with Gasteiger partial charge in [-0.25, -0.2) is 4.98 Å². The van der Waals surface area contributed by atoms with Crippen molar-refractivity contribution in [2.24, 2.45) is 7.05 Å². The van der Waals surface area contributed by atoms with Crippen LogP contribution in [0.15, 0.2) is 50.1 Å². The number of benzene rings is 2. The van der Waals surface area contributed by atoms with Crippen molar-refractivity contribution >= 4 is 60.1 Å². The van der Waals surface area contributed by atoms with E-state index in [1.54, 1.807) is 57.0 Å². The highest BCUT2D eigenvalue weighted by molar-refractivity contribution is 9.10. The predicted octanol–water partition coefficient (Wildman–Crippen LogP) is 4.90. The summed E-state index contributed by atoms with van der Waals surface area (Å²) in [4.78, 5) is 40.0. The molecule has 35 heavy (non-hydrogen) atoms. The summed E-state index contributed by atoms with van der Waals surface area (Å²) in [7, 11) is 4.91. The highest BCUT2D eigenvalue weighted by Crippen LogP contribution is 2.23. The number of hydrogen-bond donors (Lipinski definition) is 1. The minimum Gasteiger partial charge on any atom is -0.384 e. The van der Waals surface area contributed by atoms with Crippen LogP contribution in [0.3, 0.4) is 0 Å². The third-order valence-electron chi connectivity index (χ3n) is 5.07. The normalized spacial score (nSPS) is 10.6. The monoisotopic (exact) mass is 609 g/mol. The summed E-state index contributed by atoms with van der Waals surface area (Å²) in [5.41, 5.74) is 1.77. The number of amides is 1. The molecular weight excluding hydrogens is 582 g/mol. The van der Waals surface area contributed by atoms with Crippen molar-refractivity contribution in [2.75, 3.05) is 32.8 Å². The maximum absolute atomic E-state index is 12.1. The van der Waals surface area contributed by atoms with E-state index < -0.39 is 0 Å². The van der Waals surface area contributed by atoms with Gasteiger partial charge >= 0.3 is 0 Å². The van der Waals surface area contributed by atoms with Crippen LogP contribution in [0, 0.1) is 0 Å². The fourth-order valence-corrected chi connectivity index (χ4v) is 3.88. The second-order valence-corrected chi connectivity index (χ2v) is 9.39. The molecule has 0 saturated carbocycles. The van der Waals surface area contributed by atoms with Gasteiger partial charge in [-0.1, -0.05) is 38.8 Å². The Labute approximate surface area is 221 Å². The lowest BCUT2D eigenvalue weighted by Crippen LogP contribution is -2.23. The van der Waals surface area contributed by atoms with Gasteiger partial charge in [0.15, 0.2) is 5.78 Å². The molecule has 2 aromatic carbocycles. The van der Waals surface area contributed by atoms with Crippen LogP contribution in [-0.4, -0.2) is 48.7 Å². The van der Waals surface area contributed by atoms with E-state index in [-0.39, 0.29) is 23.7 Å². The van der Waals surface area contributed by atoms with Crippen LogP contribution in [0.5, 0.6) is 0 Å². The van der Waals surface area contributed by atoms with Gasteiger partial charge in [-0.3, -0.25) is 19.0 Å². The quantitative estimate of drug-likeness (QED) is 0.346. The van der Waals surface area contributed by atoms with E-state index in [2.05, 4.69) is 42.2 Å². The fourth-order valence-electron chi connectivity index (χ4n) is 3.17. The molecule has 1 amide bonds. The SMILES string of the molecule is CCC(=O)c1ccc(Br)cc1NC(=O)CCOC.COCCc1nc2cc(Br)ccc2c(=O)n1C. The standard InChI is InChI=1S/C13H16BrNO3.C12H13BrN2O2/c1-3-12(16)10-5-4-9(14)8-11(10)15-13(17)6-7-18-2;1-15-11(5-6-17-2)14-10-7-8(13)3-4-9(10)12(15)16/h4-5,8H,3,6-7H2,1-2H3,(H,15,17);3-4,7H,5-6H2,1-2H3. The van der Waals surface area contributed by atoms with E-state index in [0.717, 1.165) is 14.8 Å². The van der Waals surface area contributed by atoms with Gasteiger partial charge in [-0.2, -0.15) is 0 Å². The minimum atomic E-state index is -0.167. The predicted molar refractivity (Wildman–Crippen MR) is 144 cm³/mol. The summed E-state index contributed by atoms with van der Waals surface area (Å²) in [6, 6.07) is 10.7. The van der Waals surface area contributed by atoms with E-state index in [1.807, 2.05) is 12.1 Å². The first-order valence-electron chi connectivity index (χ1n) is 11.0. The molecule has 0 aliphatic rings. The number of nitrogens with one attached hydrogen (secondary N) is 1. The molecule has 0 aliphatic heterocycles. The lowest BCUT2D eigenvalue weighted by molar-refractivity contribution is -0.117. The Morgan fingerprint density at radius 1 is 1.03 bits per heavy atom. The summed E-state index contributed by atoms with van der Waals surface area (Å²) in [6.07, 6.45) is 1.30. The number of fused-ring (bicyclic) bond motifs is 1. The smallest absolute Gasteiger partial charge is 0.261 e. The number of Topliss-reactive ketones (excluding diaryl/α,β-unsaturated/α-hetero) is 1. The number of anilines is 1. The van der Waals surface area contributed by atoms with E-state index in [4.69, 9.17) is 9.47 Å². The average Bonchev–Trinajstić information content (AvgIpc) is 2.84. The Bertz CT molecular complexity index is 1240. The first-order chi connectivity index (χ1) is 16.7. The van der Waals surface area contributed by atoms with Crippen molar-refractivity contribution in [2.45, 2.75) is 26.2 Å². The van der Waals surface area contributed by atoms with Crippen molar-refractivity contribution in [3.63, 3.8) is 0 Å². The summed E-state index contributed by atoms with van der Waals surface area (Å²) in [5, 5.41) is 3.37. The van der Waals surface area contributed by atoms with Crippen molar-refractivity contribution in [1.29, 1.82) is 0 Å². The lowest BCUT2D eigenvalue weighted by atomic mass is 10.1. The molecule has 0 spiro atoms. The van der Waals surface area contributed by atoms with Crippen molar-refractivity contribution in [3.8, 4) is 0 Å². The molecule has 3 aromatic rings. The van der Waals surface area contributed by atoms with Gasteiger partial charge in [0, 0.05) is 48.6 Å². The summed E-state index contributed by atoms with van der Waals surface area (Å²) in [6.45, 7) is 2.71. The zero-order chi connectivity index (χ0) is 26.0. The number of aromatic nitrogens is 2. The summed E-state index contributed by atoms with van der Waals surface area (Å²) in [5.74, 6) is 0.576. The van der Waals surface area contributed by atoms with Crippen LogP contribution in [0.4, 0.5) is 5.69 Å². The summed E-state index contributed by atoms with van der Waals surface area (Å²) < 4.78 is 13.2. The third-order valence-corrected chi connectivity index (χ3v) is 6.06. The zero-order valence-electron chi connectivity index (χ0n) is 20.2. The average molecular weight is 611 g/mol. The molecule has 188 valence electrons. The molecule has 0 fully saturated rings. The molecule has 0 bridgehead atoms. The largest absolute Gasteiger partial charge is 0.384 e. The fraction of sp³-hybridized carbons (Fsp3) is 0.360. The van der Waals surface area contributed by atoms with E-state index in [9.17, 15) is 14.4 Å². The van der Waals surface area contributed by atoms with Crippen LogP contribution in [-0.2, 0) is 27.7 Å². The highest BCUT2D eigenvalue weighted by atomic mass is 79.9. The van der Waals surface area contributed by atoms with Crippen LogP contribution >= 0.6 is 31.9 Å². The molecule has 1 N–H and O–H groups in total. The Morgan fingerprint density at radius 3 is 2.34 bits per heavy atom. The number of nitrogens with zero attached hydrogens (tertiary/aromatic N) is 2. The number of carbonyl (C=O) groups is 2. The van der Waals surface area contributed by atoms with Gasteiger partial charge in [-0.05, 0) is 36.4 Å². The van der Waals surface area contributed by atoms with Crippen LogP contribution < -0.4 is 10.9 Å². The molecule has 3 rings (SSSR count). The van der Waals surface area contributed by atoms with Crippen LogP contribution in [0.2, 0.25) is 0 Å². The van der Waals surface area contributed by atoms with Gasteiger partial charge in [0.05, 0.1) is 36.2 Å². The molecule has 10 heteroatoms. The molecule has 1 aromatic heterocycles. The molecule has 0 aliphatic carbocycles. The summed E-state index contributed by atoms with van der Waals surface area (Å²) >= 11 is 6.70. The highest BCUT2D eigenvalue weighted by Gasteiger charge is 2.12. The molecule has 0 atom stereocenters.